The molecule has 0 radical (unpaired) electrons. The highest BCUT2D eigenvalue weighted by Gasteiger charge is 1.89. The van der Waals surface area contributed by atoms with Crippen molar-refractivity contribution in [1.82, 2.24) is 0 Å². The van der Waals surface area contributed by atoms with Crippen LogP contribution < -0.4 is 11.5 Å². The summed E-state index contributed by atoms with van der Waals surface area (Å²) in [6, 6.07) is 5.58. The number of benzene rings is 1. The Morgan fingerprint density at radius 3 is 1.93 bits per heavy atom. The number of carbonyl (C=O) groups is 1. The van der Waals surface area contributed by atoms with Crippen molar-refractivity contribution >= 4 is 17.8 Å². The zero-order valence-corrected chi connectivity index (χ0v) is 7.59. The second-order valence-electron chi connectivity index (χ2n) is 2.30. The van der Waals surface area contributed by atoms with Gasteiger partial charge in [0.2, 0.25) is 0 Å². The predicted molar refractivity (Wildman–Crippen MR) is 52.5 cm³/mol. The molecular formula is C8H10FN3O3. The minimum absolute atomic E-state index is 0.0309. The van der Waals surface area contributed by atoms with Crippen LogP contribution in [0.15, 0.2) is 29.3 Å². The second-order valence-corrected chi connectivity index (χ2v) is 2.30. The average molecular weight is 215 g/mol. The van der Waals surface area contributed by atoms with Gasteiger partial charge in [-0.2, -0.15) is 0 Å². The van der Waals surface area contributed by atoms with Crippen molar-refractivity contribution in [3.8, 4) is 0 Å². The minimum atomic E-state index is -1.83. The van der Waals surface area contributed by atoms with Crippen LogP contribution in [-0.4, -0.2) is 22.3 Å². The monoisotopic (exact) mass is 215 g/mol. The Morgan fingerprint density at radius 2 is 1.60 bits per heavy atom. The third-order valence-corrected chi connectivity index (χ3v) is 1.08. The summed E-state index contributed by atoms with van der Waals surface area (Å²) in [4.78, 5) is 12.3. The van der Waals surface area contributed by atoms with E-state index in [-0.39, 0.29) is 11.8 Å². The second kappa shape index (κ2) is 6.19. The molecule has 1 rings (SSSR count). The summed E-state index contributed by atoms with van der Waals surface area (Å²) in [5.74, 6) is -0.337. The van der Waals surface area contributed by atoms with Crippen molar-refractivity contribution in [2.75, 3.05) is 0 Å². The molecule has 7 heteroatoms. The molecule has 0 heterocycles. The Morgan fingerprint density at radius 1 is 1.20 bits per heavy atom. The Hall–Kier alpha value is -2.31. The van der Waals surface area contributed by atoms with E-state index >= 15 is 0 Å². The molecule has 6 N–H and O–H groups in total. The van der Waals surface area contributed by atoms with Gasteiger partial charge in [-0.1, -0.05) is 0 Å². The topological polar surface area (TPSA) is 122 Å². The summed E-state index contributed by atoms with van der Waals surface area (Å²) in [5.41, 5.74) is 10.7. The van der Waals surface area contributed by atoms with Gasteiger partial charge in [0, 0.05) is 0 Å². The highest BCUT2D eigenvalue weighted by molar-refractivity contribution is 5.78. The van der Waals surface area contributed by atoms with Gasteiger partial charge in [0.1, 0.15) is 5.82 Å². The fraction of sp³-hybridized carbons (Fsp3) is 0. The summed E-state index contributed by atoms with van der Waals surface area (Å²) < 4.78 is 12.3. The van der Waals surface area contributed by atoms with E-state index in [1.165, 1.54) is 24.3 Å². The third kappa shape index (κ3) is 8.03. The lowest BCUT2D eigenvalue weighted by atomic mass is 10.3. The molecule has 0 aliphatic carbocycles. The molecule has 15 heavy (non-hydrogen) atoms. The predicted octanol–water partition coefficient (Wildman–Crippen LogP) is 0.953. The quantitative estimate of drug-likeness (QED) is 0.410. The molecular weight excluding hydrogens is 205 g/mol. The lowest BCUT2D eigenvalue weighted by Crippen LogP contribution is -2.21. The Labute approximate surface area is 84.7 Å². The first-order valence-corrected chi connectivity index (χ1v) is 3.69. The van der Waals surface area contributed by atoms with Gasteiger partial charge in [0.05, 0.1) is 5.69 Å². The van der Waals surface area contributed by atoms with Crippen molar-refractivity contribution < 1.29 is 19.4 Å². The molecule has 0 aliphatic rings. The van der Waals surface area contributed by atoms with Crippen molar-refractivity contribution in [2.24, 2.45) is 16.5 Å². The van der Waals surface area contributed by atoms with Crippen LogP contribution in [0.5, 0.6) is 0 Å². The van der Waals surface area contributed by atoms with Crippen LogP contribution in [0, 0.1) is 5.82 Å². The van der Waals surface area contributed by atoms with Gasteiger partial charge in [-0.3, -0.25) is 0 Å². The zero-order valence-electron chi connectivity index (χ0n) is 7.59. The summed E-state index contributed by atoms with van der Waals surface area (Å²) in [7, 11) is 0. The van der Waals surface area contributed by atoms with E-state index in [2.05, 4.69) is 4.99 Å². The maximum absolute atomic E-state index is 12.3. The Bertz CT molecular complexity index is 343. The van der Waals surface area contributed by atoms with E-state index in [0.717, 1.165) is 0 Å². The molecule has 6 nitrogen and oxygen atoms in total. The average Bonchev–Trinajstić information content (AvgIpc) is 2.07. The molecule has 1 aromatic rings. The molecule has 1 aromatic carbocycles. The largest absolute Gasteiger partial charge is 0.503 e. The third-order valence-electron chi connectivity index (χ3n) is 1.08. The van der Waals surface area contributed by atoms with Crippen molar-refractivity contribution in [3.05, 3.63) is 30.1 Å². The molecule has 0 atom stereocenters. The van der Waals surface area contributed by atoms with E-state index in [1.807, 2.05) is 0 Å². The Balaban J connectivity index is 0.000000423. The molecule has 0 spiro atoms. The molecule has 82 valence electrons. The van der Waals surface area contributed by atoms with Crippen molar-refractivity contribution in [3.63, 3.8) is 0 Å². The normalized spacial score (nSPS) is 8.33. The number of carboxylic acid groups (broad SMARTS) is 2. The number of hydrogen-bond donors (Lipinski definition) is 4. The van der Waals surface area contributed by atoms with E-state index in [4.69, 9.17) is 26.5 Å². The summed E-state index contributed by atoms with van der Waals surface area (Å²) in [5, 5.41) is 13.9. The number of guanidine groups is 1. The summed E-state index contributed by atoms with van der Waals surface area (Å²) in [6.07, 6.45) is -1.83. The van der Waals surface area contributed by atoms with Gasteiger partial charge in [-0.15, -0.1) is 0 Å². The van der Waals surface area contributed by atoms with Crippen LogP contribution in [-0.2, 0) is 0 Å². The fourth-order valence-electron chi connectivity index (χ4n) is 0.665. The summed E-state index contributed by atoms with van der Waals surface area (Å²) >= 11 is 0. The molecule has 0 fully saturated rings. The number of hydrogen-bond acceptors (Lipinski definition) is 2. The van der Waals surface area contributed by atoms with Crippen LogP contribution in [0.25, 0.3) is 0 Å². The number of nitrogens with zero attached hydrogens (tertiary/aromatic N) is 1. The van der Waals surface area contributed by atoms with Crippen LogP contribution in [0.1, 0.15) is 0 Å². The van der Waals surface area contributed by atoms with Crippen LogP contribution in [0.4, 0.5) is 14.9 Å². The van der Waals surface area contributed by atoms with Crippen LogP contribution >= 0.6 is 0 Å². The maximum atomic E-state index is 12.3. The molecule has 0 aromatic heterocycles. The zero-order chi connectivity index (χ0) is 11.8. The number of rotatable bonds is 1. The molecule has 0 aliphatic heterocycles. The van der Waals surface area contributed by atoms with Gasteiger partial charge in [0.25, 0.3) is 0 Å². The molecule has 0 saturated carbocycles. The highest BCUT2D eigenvalue weighted by atomic mass is 19.1. The molecule has 0 amide bonds. The Kier molecular flexibility index (Phi) is 5.24. The van der Waals surface area contributed by atoms with E-state index in [1.54, 1.807) is 0 Å². The SMILES string of the molecule is NC(N)=Nc1ccc(F)cc1.O=C(O)O. The van der Waals surface area contributed by atoms with Gasteiger partial charge in [-0.25, -0.2) is 14.2 Å². The maximum Gasteiger partial charge on any atom is 0.503 e. The van der Waals surface area contributed by atoms with Crippen LogP contribution in [0.3, 0.4) is 0 Å². The first-order chi connectivity index (χ1) is 6.91. The van der Waals surface area contributed by atoms with E-state index < -0.39 is 6.16 Å². The van der Waals surface area contributed by atoms with Crippen molar-refractivity contribution in [1.29, 1.82) is 0 Å². The first kappa shape index (κ1) is 12.7. The van der Waals surface area contributed by atoms with E-state index in [0.29, 0.717) is 5.69 Å². The summed E-state index contributed by atoms with van der Waals surface area (Å²) in [6.45, 7) is 0. The van der Waals surface area contributed by atoms with E-state index in [9.17, 15) is 4.39 Å². The fourth-order valence-corrected chi connectivity index (χ4v) is 0.665. The van der Waals surface area contributed by atoms with Crippen molar-refractivity contribution in [2.45, 2.75) is 0 Å². The highest BCUT2D eigenvalue weighted by Crippen LogP contribution is 2.10. The lowest BCUT2D eigenvalue weighted by molar-refractivity contribution is 0.137. The standard InChI is InChI=1S/C7H8FN3.CH2O3/c8-5-1-3-6(4-2-5)11-7(9)10;2-1(3)4/h1-4H,(H4,9,10,11);(H2,2,3,4). The molecule has 0 unspecified atom stereocenters. The smallest absolute Gasteiger partial charge is 0.450 e. The number of halogens is 1. The lowest BCUT2D eigenvalue weighted by Gasteiger charge is -1.92. The molecule has 0 bridgehead atoms. The van der Waals surface area contributed by atoms with Gasteiger partial charge >= 0.3 is 6.16 Å². The van der Waals surface area contributed by atoms with Gasteiger partial charge in [0.15, 0.2) is 5.96 Å². The van der Waals surface area contributed by atoms with Gasteiger partial charge < -0.3 is 21.7 Å². The number of aliphatic imine (C=N–C) groups is 1. The minimum Gasteiger partial charge on any atom is -0.450 e. The van der Waals surface area contributed by atoms with Gasteiger partial charge in [-0.05, 0) is 24.3 Å². The number of nitrogens with two attached hydrogens (primary N) is 2. The van der Waals surface area contributed by atoms with Crippen LogP contribution in [0.2, 0.25) is 0 Å². The first-order valence-electron chi connectivity index (χ1n) is 3.69. The molecule has 0 saturated heterocycles.